The normalized spacial score (nSPS) is 16.2. The van der Waals surface area contributed by atoms with E-state index in [0.29, 0.717) is 36.1 Å². The fourth-order valence-electron chi connectivity index (χ4n) is 4.92. The molecule has 4 rings (SSSR count). The summed E-state index contributed by atoms with van der Waals surface area (Å²) in [7, 11) is 3.79. The lowest BCUT2D eigenvalue weighted by atomic mass is 10.1. The van der Waals surface area contributed by atoms with Crippen LogP contribution >= 0.6 is 0 Å². The maximum Gasteiger partial charge on any atom is 0.416 e. The molecule has 1 aromatic heterocycles. The molecule has 3 aromatic rings. The highest BCUT2D eigenvalue weighted by Gasteiger charge is 2.32. The summed E-state index contributed by atoms with van der Waals surface area (Å²) in [4.78, 5) is 34.4. The molecule has 1 saturated heterocycles. The zero-order valence-electron chi connectivity index (χ0n) is 22.8. The van der Waals surface area contributed by atoms with Crippen molar-refractivity contribution in [3.63, 3.8) is 0 Å². The predicted molar refractivity (Wildman–Crippen MR) is 147 cm³/mol. The number of alkyl halides is 3. The SMILES string of the molecule is CN(C)C/C=C/C(=O)N1CCCCC(n2c(NC(=O)c3cccc(C(F)(F)F)c3)nc3cc(CO)cc(C#N)c32)C1. The number of fused-ring (bicyclic) bond motifs is 1. The molecular weight excluding hydrogens is 537 g/mol. The molecule has 1 atom stereocenters. The highest BCUT2D eigenvalue weighted by atomic mass is 19.4. The number of amides is 2. The van der Waals surface area contributed by atoms with Crippen molar-refractivity contribution in [1.82, 2.24) is 19.4 Å². The number of nitrogens with zero attached hydrogens (tertiary/aromatic N) is 5. The van der Waals surface area contributed by atoms with Crippen LogP contribution in [0, 0.1) is 11.3 Å². The second kappa shape index (κ2) is 12.5. The lowest BCUT2D eigenvalue weighted by molar-refractivity contribution is -0.137. The lowest BCUT2D eigenvalue weighted by Gasteiger charge is -2.26. The van der Waals surface area contributed by atoms with Crippen LogP contribution in [-0.2, 0) is 17.6 Å². The maximum atomic E-state index is 13.3. The molecule has 41 heavy (non-hydrogen) atoms. The van der Waals surface area contributed by atoms with Crippen LogP contribution < -0.4 is 5.32 Å². The van der Waals surface area contributed by atoms with Gasteiger partial charge in [0, 0.05) is 31.3 Å². The third kappa shape index (κ3) is 6.93. The van der Waals surface area contributed by atoms with Gasteiger partial charge in [-0.1, -0.05) is 12.1 Å². The number of benzene rings is 2. The highest BCUT2D eigenvalue weighted by molar-refractivity contribution is 6.04. The molecule has 0 bridgehead atoms. The Labute approximate surface area is 235 Å². The average Bonchev–Trinajstić information content (AvgIpc) is 3.11. The number of halogens is 3. The Morgan fingerprint density at radius 3 is 2.71 bits per heavy atom. The molecule has 1 aliphatic heterocycles. The molecule has 2 amide bonds. The number of likely N-dealkylation sites (N-methyl/N-ethyl adjacent to an activating group) is 1. The number of nitrogens with one attached hydrogen (secondary N) is 1. The van der Waals surface area contributed by atoms with Crippen LogP contribution in [0.4, 0.5) is 19.1 Å². The minimum absolute atomic E-state index is 0.0384. The Kier molecular flexibility index (Phi) is 9.10. The van der Waals surface area contributed by atoms with Crippen molar-refractivity contribution >= 4 is 28.8 Å². The van der Waals surface area contributed by atoms with Gasteiger partial charge in [-0.3, -0.25) is 14.9 Å². The molecule has 0 spiro atoms. The van der Waals surface area contributed by atoms with Gasteiger partial charge >= 0.3 is 6.18 Å². The Morgan fingerprint density at radius 1 is 1.24 bits per heavy atom. The number of aromatic nitrogens is 2. The van der Waals surface area contributed by atoms with E-state index in [1.807, 2.05) is 19.0 Å². The van der Waals surface area contributed by atoms with Gasteiger partial charge in [-0.05, 0) is 69.3 Å². The number of rotatable bonds is 7. The molecule has 2 heterocycles. The van der Waals surface area contributed by atoms with E-state index in [1.54, 1.807) is 21.6 Å². The summed E-state index contributed by atoms with van der Waals surface area (Å²) >= 11 is 0. The van der Waals surface area contributed by atoms with E-state index in [-0.39, 0.29) is 36.1 Å². The molecular formula is C29H31F3N6O3. The zero-order valence-corrected chi connectivity index (χ0v) is 22.8. The third-order valence-electron chi connectivity index (χ3n) is 6.88. The van der Waals surface area contributed by atoms with Gasteiger partial charge in [0.2, 0.25) is 11.9 Å². The number of nitriles is 1. The molecule has 1 unspecified atom stereocenters. The Morgan fingerprint density at radius 2 is 2.02 bits per heavy atom. The molecule has 2 N–H and O–H groups in total. The number of aliphatic hydroxyl groups excluding tert-OH is 1. The predicted octanol–water partition coefficient (Wildman–Crippen LogP) is 4.34. The first-order chi connectivity index (χ1) is 19.5. The maximum absolute atomic E-state index is 13.3. The first-order valence-electron chi connectivity index (χ1n) is 13.2. The first-order valence-corrected chi connectivity index (χ1v) is 13.2. The van der Waals surface area contributed by atoms with E-state index in [9.17, 15) is 33.1 Å². The largest absolute Gasteiger partial charge is 0.416 e. The average molecular weight is 569 g/mol. The second-order valence-corrected chi connectivity index (χ2v) is 10.2. The number of hydrogen-bond donors (Lipinski definition) is 2. The van der Waals surface area contributed by atoms with Crippen molar-refractivity contribution in [3.8, 4) is 6.07 Å². The summed E-state index contributed by atoms with van der Waals surface area (Å²) in [6.07, 6.45) is 0.798. The van der Waals surface area contributed by atoms with Gasteiger partial charge in [0.15, 0.2) is 0 Å². The number of carbonyl (C=O) groups excluding carboxylic acids is 2. The Hall–Kier alpha value is -4.21. The molecule has 0 saturated carbocycles. The third-order valence-corrected chi connectivity index (χ3v) is 6.88. The Bertz CT molecular complexity index is 1510. The number of likely N-dealkylation sites (tertiary alicyclic amines) is 1. The first kappa shape index (κ1) is 29.8. The van der Waals surface area contributed by atoms with Gasteiger partial charge in [-0.2, -0.15) is 18.4 Å². The van der Waals surface area contributed by atoms with Crippen molar-refractivity contribution in [3.05, 3.63) is 70.8 Å². The Balaban J connectivity index is 1.76. The van der Waals surface area contributed by atoms with Crippen LogP contribution in [0.25, 0.3) is 11.0 Å². The second-order valence-electron chi connectivity index (χ2n) is 10.2. The molecule has 1 fully saturated rings. The summed E-state index contributed by atoms with van der Waals surface area (Å²) < 4.78 is 41.5. The summed E-state index contributed by atoms with van der Waals surface area (Å²) in [5.74, 6) is -0.932. The van der Waals surface area contributed by atoms with Crippen LogP contribution in [0.3, 0.4) is 0 Å². The van der Waals surface area contributed by atoms with Gasteiger partial charge in [-0.25, -0.2) is 4.98 Å². The highest BCUT2D eigenvalue weighted by Crippen LogP contribution is 2.34. The number of aliphatic hydroxyl groups is 1. The van der Waals surface area contributed by atoms with Crippen molar-refractivity contribution in [1.29, 1.82) is 5.26 Å². The molecule has 0 aliphatic carbocycles. The molecule has 1 aliphatic rings. The quantitative estimate of drug-likeness (QED) is 0.410. The fourth-order valence-corrected chi connectivity index (χ4v) is 4.92. The number of imidazole rings is 1. The standard InChI is InChI=1S/C29H31F3N6O3/c1-36(2)11-6-10-25(40)37-12-4-3-9-23(17-37)38-26-21(16-33)13-19(18-39)14-24(26)34-28(38)35-27(41)20-7-5-8-22(15-20)29(30,31)32/h5-8,10,13-15,23,39H,3-4,9,11-12,17-18H2,1-2H3,(H,34,35,41)/b10-6+. The van der Waals surface area contributed by atoms with Crippen molar-refractivity contribution in [2.24, 2.45) is 0 Å². The molecule has 2 aromatic carbocycles. The van der Waals surface area contributed by atoms with Gasteiger partial charge in [0.1, 0.15) is 6.07 Å². The summed E-state index contributed by atoms with van der Waals surface area (Å²) in [5.41, 5.74) is 0.230. The zero-order chi connectivity index (χ0) is 29.7. The number of hydrogen-bond acceptors (Lipinski definition) is 6. The molecule has 9 nitrogen and oxygen atoms in total. The minimum Gasteiger partial charge on any atom is -0.392 e. The van der Waals surface area contributed by atoms with Gasteiger partial charge in [0.05, 0.1) is 34.8 Å². The molecule has 0 radical (unpaired) electrons. The van der Waals surface area contributed by atoms with E-state index < -0.39 is 23.7 Å². The minimum atomic E-state index is -4.62. The topological polar surface area (TPSA) is 114 Å². The molecule has 12 heteroatoms. The van der Waals surface area contributed by atoms with E-state index >= 15 is 0 Å². The monoisotopic (exact) mass is 568 g/mol. The summed E-state index contributed by atoms with van der Waals surface area (Å²) in [6, 6.07) is 8.93. The van der Waals surface area contributed by atoms with Crippen LogP contribution in [0.1, 0.15) is 52.4 Å². The van der Waals surface area contributed by atoms with E-state index in [1.165, 1.54) is 18.2 Å². The van der Waals surface area contributed by atoms with Gasteiger partial charge in [-0.15, -0.1) is 0 Å². The van der Waals surface area contributed by atoms with Crippen molar-refractivity contribution in [2.75, 3.05) is 39.0 Å². The van der Waals surface area contributed by atoms with E-state index in [0.717, 1.165) is 31.0 Å². The van der Waals surface area contributed by atoms with E-state index in [2.05, 4.69) is 16.4 Å². The summed E-state index contributed by atoms with van der Waals surface area (Å²) in [6.45, 7) is 1.06. The fraction of sp³-hybridized carbons (Fsp3) is 0.379. The van der Waals surface area contributed by atoms with Crippen LogP contribution in [0.2, 0.25) is 0 Å². The smallest absolute Gasteiger partial charge is 0.392 e. The van der Waals surface area contributed by atoms with Crippen molar-refractivity contribution < 1.29 is 27.9 Å². The van der Waals surface area contributed by atoms with E-state index in [4.69, 9.17) is 0 Å². The van der Waals surface area contributed by atoms with Crippen LogP contribution in [-0.4, -0.2) is 70.0 Å². The van der Waals surface area contributed by atoms with Crippen LogP contribution in [0.15, 0.2) is 48.6 Å². The number of anilines is 1. The molecule has 216 valence electrons. The van der Waals surface area contributed by atoms with Gasteiger partial charge in [0.25, 0.3) is 5.91 Å². The van der Waals surface area contributed by atoms with Crippen molar-refractivity contribution in [2.45, 2.75) is 38.1 Å². The summed E-state index contributed by atoms with van der Waals surface area (Å²) in [5, 5.41) is 22.3. The van der Waals surface area contributed by atoms with Gasteiger partial charge < -0.3 is 19.5 Å². The number of carbonyl (C=O) groups is 2. The lowest BCUT2D eigenvalue weighted by Crippen LogP contribution is -2.35. The van der Waals surface area contributed by atoms with Crippen LogP contribution in [0.5, 0.6) is 0 Å².